The molecule has 1 aromatic carbocycles. The zero-order valence-electron chi connectivity index (χ0n) is 13.3. The molecule has 0 bridgehead atoms. The van der Waals surface area contributed by atoms with Gasteiger partial charge in [-0.3, -0.25) is 4.79 Å². The first-order valence-corrected chi connectivity index (χ1v) is 8.49. The number of aldehydes is 1. The molecule has 0 fully saturated rings. The molecule has 4 nitrogen and oxygen atoms in total. The molecular formula is C18H14F2N2O2S. The summed E-state index contributed by atoms with van der Waals surface area (Å²) in [5.41, 5.74) is 1.02. The maximum absolute atomic E-state index is 14.7. The Bertz CT molecular complexity index is 971. The molecule has 0 saturated heterocycles. The molecule has 4 rings (SSSR count). The normalized spacial score (nSPS) is 18.1. The third kappa shape index (κ3) is 2.55. The summed E-state index contributed by atoms with van der Waals surface area (Å²) in [6.07, 6.45) is 1.91. The molecule has 1 aliphatic rings. The van der Waals surface area contributed by atoms with Gasteiger partial charge in [0.1, 0.15) is 17.6 Å². The van der Waals surface area contributed by atoms with Gasteiger partial charge in [0.05, 0.1) is 16.7 Å². The minimum Gasteiger partial charge on any atom is -0.496 e. The number of hydrogen-bond donors (Lipinski definition) is 1. The van der Waals surface area contributed by atoms with Crippen LogP contribution in [0.15, 0.2) is 36.5 Å². The molecule has 0 unspecified atom stereocenters. The molecular weight excluding hydrogens is 346 g/mol. The smallest absolute Gasteiger partial charge is 0.276 e. The van der Waals surface area contributed by atoms with Crippen molar-refractivity contribution in [2.24, 2.45) is 0 Å². The largest absolute Gasteiger partial charge is 0.496 e. The van der Waals surface area contributed by atoms with Crippen LogP contribution >= 0.6 is 11.3 Å². The van der Waals surface area contributed by atoms with Crippen LogP contribution in [0.1, 0.15) is 26.8 Å². The number of fused-ring (bicyclic) bond motifs is 2. The number of pyridine rings is 1. The lowest BCUT2D eigenvalue weighted by atomic mass is 10.1. The summed E-state index contributed by atoms with van der Waals surface area (Å²) in [5.74, 6) is -2.14. The molecule has 0 saturated carbocycles. The molecule has 1 N–H and O–H groups in total. The number of nitrogens with one attached hydrogen (secondary N) is 1. The van der Waals surface area contributed by atoms with Crippen molar-refractivity contribution in [2.45, 2.75) is 18.4 Å². The maximum atomic E-state index is 14.7. The van der Waals surface area contributed by atoms with Crippen LogP contribution in [0, 0.1) is 0 Å². The van der Waals surface area contributed by atoms with Crippen molar-refractivity contribution >= 4 is 33.5 Å². The van der Waals surface area contributed by atoms with E-state index in [1.54, 1.807) is 36.5 Å². The third-order valence-corrected chi connectivity index (χ3v) is 5.47. The number of ether oxygens (including phenoxy) is 1. The molecule has 0 aliphatic heterocycles. The zero-order valence-corrected chi connectivity index (χ0v) is 14.1. The van der Waals surface area contributed by atoms with E-state index in [2.05, 4.69) is 10.3 Å². The Balaban J connectivity index is 1.79. The van der Waals surface area contributed by atoms with E-state index in [1.807, 2.05) is 0 Å². The first-order valence-electron chi connectivity index (χ1n) is 7.67. The average molecular weight is 360 g/mol. The molecule has 3 aromatic rings. The highest BCUT2D eigenvalue weighted by atomic mass is 32.1. The fourth-order valence-electron chi connectivity index (χ4n) is 3.26. The van der Waals surface area contributed by atoms with Gasteiger partial charge in [-0.15, -0.1) is 11.3 Å². The number of alkyl halides is 2. The lowest BCUT2D eigenvalue weighted by molar-refractivity contribution is -0.00733. The molecule has 0 spiro atoms. The van der Waals surface area contributed by atoms with Crippen molar-refractivity contribution in [3.05, 3.63) is 52.5 Å². The monoisotopic (exact) mass is 360 g/mol. The quantitative estimate of drug-likeness (QED) is 0.698. The van der Waals surface area contributed by atoms with Gasteiger partial charge in [0, 0.05) is 18.2 Å². The highest BCUT2D eigenvalue weighted by molar-refractivity contribution is 7.21. The van der Waals surface area contributed by atoms with Crippen LogP contribution in [-0.2, 0) is 6.42 Å². The number of carbonyl (C=O) groups is 1. The minimum atomic E-state index is -2.97. The molecule has 128 valence electrons. The number of carbonyl (C=O) groups excluding carboxylic acids is 1. The summed E-state index contributed by atoms with van der Waals surface area (Å²) in [6, 6.07) is 7.36. The molecule has 1 atom stereocenters. The van der Waals surface area contributed by atoms with Crippen molar-refractivity contribution in [3.63, 3.8) is 0 Å². The zero-order chi connectivity index (χ0) is 17.6. The highest BCUT2D eigenvalue weighted by Crippen LogP contribution is 2.48. The summed E-state index contributed by atoms with van der Waals surface area (Å²) >= 11 is 1.23. The van der Waals surface area contributed by atoms with Crippen LogP contribution in [0.2, 0.25) is 0 Å². The fourth-order valence-corrected chi connectivity index (χ4v) is 4.19. The van der Waals surface area contributed by atoms with Gasteiger partial charge < -0.3 is 10.1 Å². The van der Waals surface area contributed by atoms with Crippen molar-refractivity contribution in [1.82, 2.24) is 4.98 Å². The first-order chi connectivity index (χ1) is 12.0. The predicted octanol–water partition coefficient (Wildman–Crippen LogP) is 4.46. The van der Waals surface area contributed by atoms with Gasteiger partial charge >= 0.3 is 0 Å². The van der Waals surface area contributed by atoms with Crippen LogP contribution in [0.25, 0.3) is 10.1 Å². The van der Waals surface area contributed by atoms with Crippen LogP contribution < -0.4 is 10.1 Å². The first kappa shape index (κ1) is 16.0. The second kappa shape index (κ2) is 5.77. The summed E-state index contributed by atoms with van der Waals surface area (Å²) in [7, 11) is 1.48. The lowest BCUT2D eigenvalue weighted by Gasteiger charge is -2.22. The van der Waals surface area contributed by atoms with Crippen LogP contribution in [0.3, 0.4) is 0 Å². The van der Waals surface area contributed by atoms with Gasteiger partial charge in [-0.05, 0) is 29.1 Å². The number of halogens is 2. The summed E-state index contributed by atoms with van der Waals surface area (Å²) in [5, 5.41) is 3.70. The van der Waals surface area contributed by atoms with E-state index in [0.717, 1.165) is 11.7 Å². The number of hydrogen-bond acceptors (Lipinski definition) is 5. The topological polar surface area (TPSA) is 51.2 Å². The molecule has 0 amide bonds. The standard InChI is InChI=1S/C18H14F2N2O2S/c1-24-14-4-2-3-12-13(14)8-18(19,20)16(12)22-17-15-10(5-6-21-17)7-11(9-23)25-15/h2-7,9,16H,8H2,1H3,(H,21,22)/t16-/m0/s1. The van der Waals surface area contributed by atoms with E-state index in [9.17, 15) is 13.6 Å². The molecule has 25 heavy (non-hydrogen) atoms. The highest BCUT2D eigenvalue weighted by Gasteiger charge is 2.49. The van der Waals surface area contributed by atoms with E-state index in [4.69, 9.17) is 4.74 Å². The van der Waals surface area contributed by atoms with Crippen LogP contribution in [0.5, 0.6) is 5.75 Å². The van der Waals surface area contributed by atoms with Gasteiger partial charge in [-0.1, -0.05) is 12.1 Å². The molecule has 2 aromatic heterocycles. The Hall–Kier alpha value is -2.54. The van der Waals surface area contributed by atoms with E-state index in [1.165, 1.54) is 18.4 Å². The molecule has 1 aliphatic carbocycles. The fraction of sp³-hybridized carbons (Fsp3) is 0.222. The molecule has 0 radical (unpaired) electrons. The Morgan fingerprint density at radius 1 is 1.40 bits per heavy atom. The average Bonchev–Trinajstić information content (AvgIpc) is 3.13. The van der Waals surface area contributed by atoms with Crippen LogP contribution in [0.4, 0.5) is 14.6 Å². The van der Waals surface area contributed by atoms with Gasteiger partial charge in [0.15, 0.2) is 6.29 Å². The lowest BCUT2D eigenvalue weighted by Crippen LogP contribution is -2.28. The van der Waals surface area contributed by atoms with Gasteiger partial charge in [-0.2, -0.15) is 0 Å². The van der Waals surface area contributed by atoms with Gasteiger partial charge in [-0.25, -0.2) is 13.8 Å². The second-order valence-corrected chi connectivity index (χ2v) is 6.97. The Morgan fingerprint density at radius 3 is 3.00 bits per heavy atom. The second-order valence-electron chi connectivity index (χ2n) is 5.89. The summed E-state index contributed by atoms with van der Waals surface area (Å²) in [4.78, 5) is 15.8. The van der Waals surface area contributed by atoms with Crippen molar-refractivity contribution in [3.8, 4) is 5.75 Å². The molecule has 2 heterocycles. The number of aromatic nitrogens is 1. The van der Waals surface area contributed by atoms with Crippen LogP contribution in [-0.4, -0.2) is 24.3 Å². The Morgan fingerprint density at radius 2 is 2.24 bits per heavy atom. The Labute approximate surface area is 146 Å². The predicted molar refractivity (Wildman–Crippen MR) is 93.0 cm³/mol. The minimum absolute atomic E-state index is 0.357. The van der Waals surface area contributed by atoms with E-state index < -0.39 is 12.0 Å². The number of nitrogens with zero attached hydrogens (tertiary/aromatic N) is 1. The van der Waals surface area contributed by atoms with Crippen molar-refractivity contribution < 1.29 is 18.3 Å². The Kier molecular flexibility index (Phi) is 3.68. The van der Waals surface area contributed by atoms with Crippen molar-refractivity contribution in [2.75, 3.05) is 12.4 Å². The van der Waals surface area contributed by atoms with Crippen molar-refractivity contribution in [1.29, 1.82) is 0 Å². The van der Waals surface area contributed by atoms with E-state index in [0.29, 0.717) is 32.3 Å². The maximum Gasteiger partial charge on any atom is 0.276 e. The third-order valence-electron chi connectivity index (χ3n) is 4.38. The van der Waals surface area contributed by atoms with Gasteiger partial charge in [0.2, 0.25) is 0 Å². The van der Waals surface area contributed by atoms with E-state index >= 15 is 0 Å². The van der Waals surface area contributed by atoms with E-state index in [-0.39, 0.29) is 6.42 Å². The number of methoxy groups -OCH3 is 1. The molecule has 7 heteroatoms. The number of rotatable bonds is 4. The summed E-state index contributed by atoms with van der Waals surface area (Å²) in [6.45, 7) is 0. The number of benzene rings is 1. The number of thiophene rings is 1. The summed E-state index contributed by atoms with van der Waals surface area (Å²) < 4.78 is 35.3. The van der Waals surface area contributed by atoms with Gasteiger partial charge in [0.25, 0.3) is 5.92 Å². The number of anilines is 1. The SMILES string of the molecule is COc1cccc2c1CC(F)(F)[C@H]2Nc1nccc2cc(C=O)sc12.